The van der Waals surface area contributed by atoms with Crippen molar-refractivity contribution in [3.63, 3.8) is 0 Å². The Balaban J connectivity index is 1.92. The molecule has 8 heteroatoms. The van der Waals surface area contributed by atoms with Crippen LogP contribution in [-0.2, 0) is 9.53 Å². The zero-order valence-corrected chi connectivity index (χ0v) is 11.7. The summed E-state index contributed by atoms with van der Waals surface area (Å²) in [5.74, 6) is -2.92. The van der Waals surface area contributed by atoms with Crippen molar-refractivity contribution < 1.29 is 18.3 Å². The second kappa shape index (κ2) is 6.30. The van der Waals surface area contributed by atoms with Gasteiger partial charge in [0.25, 0.3) is 0 Å². The molecule has 21 heavy (non-hydrogen) atoms. The van der Waals surface area contributed by atoms with Crippen LogP contribution >= 0.6 is 0 Å². The number of nitrogens with zero attached hydrogens (tertiary/aromatic N) is 2. The monoisotopic (exact) mass is 300 g/mol. The number of rotatable bonds is 6. The maximum Gasteiger partial charge on any atom is 0.248 e. The Morgan fingerprint density at radius 1 is 1.62 bits per heavy atom. The van der Waals surface area contributed by atoms with E-state index < -0.39 is 12.0 Å². The maximum atomic E-state index is 12.8. The number of aromatic nitrogens is 2. The van der Waals surface area contributed by atoms with Crippen molar-refractivity contribution in [2.45, 2.75) is 31.2 Å². The fourth-order valence-corrected chi connectivity index (χ4v) is 2.42. The first-order valence-electron chi connectivity index (χ1n) is 6.64. The number of hydrogen-bond donors (Lipinski definition) is 2. The van der Waals surface area contributed by atoms with Gasteiger partial charge in [-0.1, -0.05) is 0 Å². The minimum Gasteiger partial charge on any atom is -0.382 e. The molecule has 0 spiro atoms. The zero-order valence-electron chi connectivity index (χ0n) is 11.7. The first-order valence-corrected chi connectivity index (χ1v) is 6.64. The molecular weight excluding hydrogens is 282 g/mol. The molecule has 1 aliphatic rings. The van der Waals surface area contributed by atoms with E-state index in [0.717, 1.165) is 0 Å². The van der Waals surface area contributed by atoms with Crippen molar-refractivity contribution in [3.8, 4) is 0 Å². The van der Waals surface area contributed by atoms with Crippen LogP contribution in [0.15, 0.2) is 12.3 Å². The van der Waals surface area contributed by atoms with E-state index in [1.54, 1.807) is 6.07 Å². The highest BCUT2D eigenvalue weighted by atomic mass is 19.3. The van der Waals surface area contributed by atoms with Gasteiger partial charge in [0.05, 0.1) is 18.8 Å². The molecule has 0 aliphatic heterocycles. The molecule has 1 saturated carbocycles. The van der Waals surface area contributed by atoms with Crippen LogP contribution in [0.1, 0.15) is 30.9 Å². The number of carbonyl (C=O) groups excluding carboxylic acids is 1. The van der Waals surface area contributed by atoms with Crippen molar-refractivity contribution in [1.82, 2.24) is 15.5 Å². The molecule has 1 aromatic rings. The quantitative estimate of drug-likeness (QED) is 0.826. The van der Waals surface area contributed by atoms with Gasteiger partial charge in [-0.2, -0.15) is 5.10 Å². The number of amides is 1. The third-order valence-electron chi connectivity index (χ3n) is 3.41. The minimum atomic E-state index is -2.61. The van der Waals surface area contributed by atoms with E-state index in [2.05, 4.69) is 15.5 Å². The molecule has 1 heterocycles. The number of ether oxygens (including phenoxy) is 1. The normalized spacial score (nSPS) is 18.8. The van der Waals surface area contributed by atoms with E-state index in [9.17, 15) is 13.6 Å². The molecule has 3 N–H and O–H groups in total. The van der Waals surface area contributed by atoms with Crippen LogP contribution in [-0.4, -0.2) is 35.7 Å². The Hall–Kier alpha value is -1.83. The van der Waals surface area contributed by atoms with Crippen LogP contribution in [0.3, 0.4) is 0 Å². The average molecular weight is 300 g/mol. The summed E-state index contributed by atoms with van der Waals surface area (Å²) in [4.78, 5) is 11.9. The van der Waals surface area contributed by atoms with Gasteiger partial charge >= 0.3 is 0 Å². The minimum absolute atomic E-state index is 0.0871. The Kier molecular flexibility index (Phi) is 4.66. The first kappa shape index (κ1) is 15.6. The predicted octanol–water partition coefficient (Wildman–Crippen LogP) is 1.30. The van der Waals surface area contributed by atoms with Crippen LogP contribution in [0, 0.1) is 5.92 Å². The largest absolute Gasteiger partial charge is 0.382 e. The highest BCUT2D eigenvalue weighted by molar-refractivity contribution is 5.76. The molecule has 0 saturated heterocycles. The lowest BCUT2D eigenvalue weighted by Crippen LogP contribution is -2.40. The van der Waals surface area contributed by atoms with Crippen LogP contribution in [0.2, 0.25) is 0 Å². The van der Waals surface area contributed by atoms with Gasteiger partial charge in [-0.05, 0) is 12.0 Å². The summed E-state index contributed by atoms with van der Waals surface area (Å²) in [7, 11) is 1.50. The lowest BCUT2D eigenvalue weighted by atomic mass is 9.79. The Morgan fingerprint density at radius 3 is 2.90 bits per heavy atom. The number of carbonyl (C=O) groups is 1. The number of hydrogen-bond acceptors (Lipinski definition) is 5. The first-order chi connectivity index (χ1) is 9.89. The molecule has 0 radical (unpaired) electrons. The van der Waals surface area contributed by atoms with Crippen LogP contribution in [0.25, 0.3) is 0 Å². The molecule has 0 unspecified atom stereocenters. The van der Waals surface area contributed by atoms with E-state index >= 15 is 0 Å². The standard InChI is InChI=1S/C13H18F2N4O2/c1-21-7-10(9-3-11(16)19-17-6-9)18-12(20)2-8-4-13(14,15)5-8/h3,6,8,10H,2,4-5,7H2,1H3,(H2,16,19)(H,18,20)/t10-/m1/s1. The summed E-state index contributed by atoms with van der Waals surface area (Å²) in [5, 5.41) is 10.1. The van der Waals surface area contributed by atoms with Crippen molar-refractivity contribution in [2.75, 3.05) is 19.5 Å². The highest BCUT2D eigenvalue weighted by Crippen LogP contribution is 2.43. The van der Waals surface area contributed by atoms with Gasteiger partial charge < -0.3 is 15.8 Å². The zero-order chi connectivity index (χ0) is 15.5. The van der Waals surface area contributed by atoms with Gasteiger partial charge in [0.1, 0.15) is 5.82 Å². The molecule has 116 valence electrons. The Labute approximate surface area is 121 Å². The van der Waals surface area contributed by atoms with Crippen LogP contribution in [0.4, 0.5) is 14.6 Å². The molecular formula is C13H18F2N4O2. The van der Waals surface area contributed by atoms with Crippen LogP contribution < -0.4 is 11.1 Å². The van der Waals surface area contributed by atoms with Crippen molar-refractivity contribution >= 4 is 11.7 Å². The fraction of sp³-hybridized carbons (Fsp3) is 0.615. The number of nitrogens with one attached hydrogen (secondary N) is 1. The second-order valence-electron chi connectivity index (χ2n) is 5.32. The number of methoxy groups -OCH3 is 1. The van der Waals surface area contributed by atoms with Gasteiger partial charge in [0.2, 0.25) is 11.8 Å². The molecule has 0 bridgehead atoms. The van der Waals surface area contributed by atoms with Gasteiger partial charge in [-0.25, -0.2) is 8.78 Å². The number of nitrogen functional groups attached to an aromatic ring is 1. The number of alkyl halides is 2. The van der Waals surface area contributed by atoms with Crippen LogP contribution in [0.5, 0.6) is 0 Å². The van der Waals surface area contributed by atoms with E-state index in [1.807, 2.05) is 0 Å². The Bertz CT molecular complexity index is 505. The van der Waals surface area contributed by atoms with E-state index in [-0.39, 0.29) is 43.5 Å². The SMILES string of the molecule is COC[C@@H](NC(=O)CC1CC(F)(F)C1)c1cnnc(N)c1. The highest BCUT2D eigenvalue weighted by Gasteiger charge is 2.45. The summed E-state index contributed by atoms with van der Waals surface area (Å²) < 4.78 is 30.6. The molecule has 1 atom stereocenters. The van der Waals surface area contributed by atoms with Crippen molar-refractivity contribution in [1.29, 1.82) is 0 Å². The van der Waals surface area contributed by atoms with Crippen molar-refractivity contribution in [2.24, 2.45) is 5.92 Å². The summed E-state index contributed by atoms with van der Waals surface area (Å²) >= 11 is 0. The molecule has 1 aliphatic carbocycles. The third-order valence-corrected chi connectivity index (χ3v) is 3.41. The average Bonchev–Trinajstić information content (AvgIpc) is 2.36. The summed E-state index contributed by atoms with van der Waals surface area (Å²) in [6.07, 6.45) is 1.12. The molecule has 1 fully saturated rings. The fourth-order valence-electron chi connectivity index (χ4n) is 2.42. The summed E-state index contributed by atoms with van der Waals surface area (Å²) in [5.41, 5.74) is 6.22. The lowest BCUT2D eigenvalue weighted by molar-refractivity contribution is -0.134. The van der Waals surface area contributed by atoms with Gasteiger partial charge in [0, 0.05) is 31.9 Å². The van der Waals surface area contributed by atoms with E-state index in [4.69, 9.17) is 10.5 Å². The summed E-state index contributed by atoms with van der Waals surface area (Å²) in [6.45, 7) is 0.234. The number of anilines is 1. The predicted molar refractivity (Wildman–Crippen MR) is 71.5 cm³/mol. The molecule has 1 aromatic heterocycles. The maximum absolute atomic E-state index is 12.8. The van der Waals surface area contributed by atoms with Crippen molar-refractivity contribution in [3.05, 3.63) is 17.8 Å². The molecule has 6 nitrogen and oxygen atoms in total. The lowest BCUT2D eigenvalue weighted by Gasteiger charge is -2.34. The molecule has 2 rings (SSSR count). The summed E-state index contributed by atoms with van der Waals surface area (Å²) in [6, 6.07) is 1.16. The molecule has 1 amide bonds. The van der Waals surface area contributed by atoms with Gasteiger partial charge in [-0.3, -0.25) is 4.79 Å². The van der Waals surface area contributed by atoms with E-state index in [0.29, 0.717) is 5.56 Å². The Morgan fingerprint density at radius 2 is 2.33 bits per heavy atom. The number of halogens is 2. The number of nitrogens with two attached hydrogens (primary N) is 1. The topological polar surface area (TPSA) is 90.1 Å². The van der Waals surface area contributed by atoms with Gasteiger partial charge in [-0.15, -0.1) is 5.10 Å². The second-order valence-corrected chi connectivity index (χ2v) is 5.32. The smallest absolute Gasteiger partial charge is 0.248 e. The van der Waals surface area contributed by atoms with Gasteiger partial charge in [0.15, 0.2) is 0 Å². The molecule has 0 aromatic carbocycles. The third kappa shape index (κ3) is 4.32. The van der Waals surface area contributed by atoms with E-state index in [1.165, 1.54) is 13.3 Å².